The maximum absolute atomic E-state index is 13.6. The van der Waals surface area contributed by atoms with Crippen LogP contribution in [0.3, 0.4) is 0 Å². The number of hydrogen-bond donors (Lipinski definition) is 1. The van der Waals surface area contributed by atoms with E-state index in [0.717, 1.165) is 19.0 Å². The van der Waals surface area contributed by atoms with Gasteiger partial charge in [-0.25, -0.2) is 8.78 Å². The highest BCUT2D eigenvalue weighted by Gasteiger charge is 2.13. The van der Waals surface area contributed by atoms with E-state index in [2.05, 4.69) is 24.1 Å². The van der Waals surface area contributed by atoms with Crippen LogP contribution in [-0.2, 0) is 6.42 Å². The summed E-state index contributed by atoms with van der Waals surface area (Å²) in [6, 6.07) is 4.36. The molecular weight excluding hydrogens is 232 g/mol. The molecule has 98 valence electrons. The maximum atomic E-state index is 13.6. The zero-order valence-electron chi connectivity index (χ0n) is 10.9. The van der Waals surface area contributed by atoms with Gasteiger partial charge in [0.2, 0.25) is 0 Å². The summed E-state index contributed by atoms with van der Waals surface area (Å²) in [5.74, 6) is 4.28. The number of benzene rings is 1. The van der Waals surface area contributed by atoms with E-state index >= 15 is 0 Å². The van der Waals surface area contributed by atoms with Crippen LogP contribution >= 0.6 is 0 Å². The Bertz CT molecular complexity index is 432. The summed E-state index contributed by atoms with van der Waals surface area (Å²) in [6.45, 7) is 4.70. The monoisotopic (exact) mass is 251 g/mol. The molecule has 1 N–H and O–H groups in total. The van der Waals surface area contributed by atoms with E-state index in [-0.39, 0.29) is 6.04 Å². The Morgan fingerprint density at radius 3 is 2.78 bits per heavy atom. The normalized spacial score (nSPS) is 11.8. The SMILES string of the molecule is CC#CCC(Cc1cccc(F)c1F)NCCC. The molecule has 1 nitrogen and oxygen atoms in total. The smallest absolute Gasteiger partial charge is 0.162 e. The highest BCUT2D eigenvalue weighted by atomic mass is 19.2. The lowest BCUT2D eigenvalue weighted by Gasteiger charge is -2.16. The van der Waals surface area contributed by atoms with Crippen LogP contribution in [0.2, 0.25) is 0 Å². The van der Waals surface area contributed by atoms with Gasteiger partial charge >= 0.3 is 0 Å². The molecule has 18 heavy (non-hydrogen) atoms. The van der Waals surface area contributed by atoms with Crippen LogP contribution in [0.15, 0.2) is 18.2 Å². The molecule has 0 radical (unpaired) electrons. The summed E-state index contributed by atoms with van der Waals surface area (Å²) in [5.41, 5.74) is 0.404. The van der Waals surface area contributed by atoms with E-state index in [9.17, 15) is 8.78 Å². The Hall–Kier alpha value is -1.40. The molecule has 0 aliphatic carbocycles. The molecule has 1 rings (SSSR count). The molecule has 0 aliphatic rings. The Morgan fingerprint density at radius 1 is 1.33 bits per heavy atom. The summed E-state index contributed by atoms with van der Waals surface area (Å²) < 4.78 is 26.7. The molecule has 1 aromatic carbocycles. The second kappa shape index (κ2) is 7.84. The van der Waals surface area contributed by atoms with E-state index in [0.29, 0.717) is 18.4 Å². The Morgan fingerprint density at radius 2 is 2.11 bits per heavy atom. The molecule has 0 aromatic heterocycles. The lowest BCUT2D eigenvalue weighted by atomic mass is 10.0. The lowest BCUT2D eigenvalue weighted by Crippen LogP contribution is -2.31. The molecule has 0 aliphatic heterocycles. The molecular formula is C15H19F2N. The molecule has 0 spiro atoms. The summed E-state index contributed by atoms with van der Waals surface area (Å²) in [7, 11) is 0. The molecule has 0 heterocycles. The topological polar surface area (TPSA) is 12.0 Å². The van der Waals surface area contributed by atoms with Crippen molar-refractivity contribution in [1.29, 1.82) is 0 Å². The van der Waals surface area contributed by atoms with Gasteiger partial charge in [-0.1, -0.05) is 19.1 Å². The van der Waals surface area contributed by atoms with Gasteiger partial charge in [0.25, 0.3) is 0 Å². The van der Waals surface area contributed by atoms with Crippen molar-refractivity contribution in [2.24, 2.45) is 0 Å². The second-order valence-corrected chi connectivity index (χ2v) is 4.20. The molecule has 0 saturated heterocycles. The number of halogens is 2. The zero-order valence-corrected chi connectivity index (χ0v) is 10.9. The van der Waals surface area contributed by atoms with E-state index in [1.165, 1.54) is 6.07 Å². The average Bonchev–Trinajstić information content (AvgIpc) is 2.38. The Labute approximate surface area is 108 Å². The van der Waals surface area contributed by atoms with Crippen LogP contribution in [0.25, 0.3) is 0 Å². The van der Waals surface area contributed by atoms with Gasteiger partial charge in [-0.3, -0.25) is 0 Å². The third-order valence-electron chi connectivity index (χ3n) is 2.71. The first-order valence-corrected chi connectivity index (χ1v) is 6.24. The zero-order chi connectivity index (χ0) is 13.4. The number of hydrogen-bond acceptors (Lipinski definition) is 1. The first-order chi connectivity index (χ1) is 8.69. The predicted molar refractivity (Wildman–Crippen MR) is 70.2 cm³/mol. The average molecular weight is 251 g/mol. The van der Waals surface area contributed by atoms with Gasteiger partial charge in [0, 0.05) is 12.5 Å². The first kappa shape index (κ1) is 14.7. The minimum absolute atomic E-state index is 0.0636. The van der Waals surface area contributed by atoms with Crippen LogP contribution in [0, 0.1) is 23.5 Å². The molecule has 1 atom stereocenters. The van der Waals surface area contributed by atoms with Crippen molar-refractivity contribution in [3.63, 3.8) is 0 Å². The molecule has 1 aromatic rings. The van der Waals surface area contributed by atoms with Crippen molar-refractivity contribution in [1.82, 2.24) is 5.32 Å². The van der Waals surface area contributed by atoms with Gasteiger partial charge in [-0.05, 0) is 37.9 Å². The van der Waals surface area contributed by atoms with Gasteiger partial charge in [-0.15, -0.1) is 11.8 Å². The van der Waals surface area contributed by atoms with Gasteiger partial charge in [0.05, 0.1) is 0 Å². The van der Waals surface area contributed by atoms with E-state index in [1.807, 2.05) is 0 Å². The summed E-state index contributed by atoms with van der Waals surface area (Å²) >= 11 is 0. The van der Waals surface area contributed by atoms with E-state index in [1.54, 1.807) is 13.0 Å². The second-order valence-electron chi connectivity index (χ2n) is 4.20. The van der Waals surface area contributed by atoms with Gasteiger partial charge in [0.15, 0.2) is 11.6 Å². The molecule has 0 bridgehead atoms. The summed E-state index contributed by atoms with van der Waals surface area (Å²) in [4.78, 5) is 0. The molecule has 1 unspecified atom stereocenters. The number of nitrogens with one attached hydrogen (secondary N) is 1. The lowest BCUT2D eigenvalue weighted by molar-refractivity contribution is 0.473. The quantitative estimate of drug-likeness (QED) is 0.765. The highest BCUT2D eigenvalue weighted by molar-refractivity contribution is 5.20. The molecule has 3 heteroatoms. The summed E-state index contributed by atoms with van der Waals surface area (Å²) in [6.07, 6.45) is 2.10. The van der Waals surface area contributed by atoms with Crippen molar-refractivity contribution in [2.75, 3.05) is 6.54 Å². The standard InChI is InChI=1S/C15H19F2N/c1-3-5-8-13(18-10-4-2)11-12-7-6-9-14(16)15(12)17/h6-7,9,13,18H,4,8,10-11H2,1-2H3. The van der Waals surface area contributed by atoms with Crippen molar-refractivity contribution in [3.8, 4) is 11.8 Å². The fourth-order valence-corrected chi connectivity index (χ4v) is 1.76. The van der Waals surface area contributed by atoms with Crippen LogP contribution in [0.5, 0.6) is 0 Å². The first-order valence-electron chi connectivity index (χ1n) is 6.24. The predicted octanol–water partition coefficient (Wildman–Crippen LogP) is 3.29. The Kier molecular flexibility index (Phi) is 6.38. The van der Waals surface area contributed by atoms with Gasteiger partial charge < -0.3 is 5.32 Å². The van der Waals surface area contributed by atoms with Crippen LogP contribution in [0.4, 0.5) is 8.78 Å². The molecule has 0 saturated carbocycles. The van der Waals surface area contributed by atoms with Crippen LogP contribution < -0.4 is 5.32 Å². The number of rotatable bonds is 6. The van der Waals surface area contributed by atoms with Crippen molar-refractivity contribution < 1.29 is 8.78 Å². The highest BCUT2D eigenvalue weighted by Crippen LogP contribution is 2.14. The van der Waals surface area contributed by atoms with Gasteiger partial charge in [-0.2, -0.15) is 0 Å². The minimum atomic E-state index is -0.789. The van der Waals surface area contributed by atoms with Crippen molar-refractivity contribution in [2.45, 2.75) is 39.2 Å². The molecule has 0 amide bonds. The van der Waals surface area contributed by atoms with E-state index in [4.69, 9.17) is 0 Å². The van der Waals surface area contributed by atoms with Crippen LogP contribution in [0.1, 0.15) is 32.3 Å². The summed E-state index contributed by atoms with van der Waals surface area (Å²) in [5, 5.41) is 3.31. The largest absolute Gasteiger partial charge is 0.313 e. The fourth-order valence-electron chi connectivity index (χ4n) is 1.76. The van der Waals surface area contributed by atoms with Crippen molar-refractivity contribution >= 4 is 0 Å². The Balaban J connectivity index is 2.73. The third-order valence-corrected chi connectivity index (χ3v) is 2.71. The maximum Gasteiger partial charge on any atom is 0.162 e. The van der Waals surface area contributed by atoms with Crippen LogP contribution in [-0.4, -0.2) is 12.6 Å². The van der Waals surface area contributed by atoms with Gasteiger partial charge in [0.1, 0.15) is 0 Å². The minimum Gasteiger partial charge on any atom is -0.313 e. The molecule has 0 fully saturated rings. The third kappa shape index (κ3) is 4.46. The van der Waals surface area contributed by atoms with E-state index < -0.39 is 11.6 Å². The fraction of sp³-hybridized carbons (Fsp3) is 0.467. The van der Waals surface area contributed by atoms with Crippen molar-refractivity contribution in [3.05, 3.63) is 35.4 Å².